The monoisotopic (exact) mass is 371 g/mol. The molecule has 1 aliphatic carbocycles. The molecule has 1 aromatic rings. The average molecular weight is 371 g/mol. The molecular weight excluding hydrogens is 347 g/mol. The molecule has 3 rings (SSSR count). The van der Waals surface area contributed by atoms with Crippen molar-refractivity contribution in [3.05, 3.63) is 17.8 Å². The third kappa shape index (κ3) is 4.04. The van der Waals surface area contributed by atoms with E-state index >= 15 is 0 Å². The first-order valence-electron chi connectivity index (χ1n) is 9.10. The van der Waals surface area contributed by atoms with E-state index in [4.69, 9.17) is 4.74 Å². The van der Waals surface area contributed by atoms with Crippen LogP contribution in [0.4, 0.5) is 23.7 Å². The number of ether oxygens (including phenoxy) is 1. The average Bonchev–Trinajstić information content (AvgIpc) is 3.12. The third-order valence-corrected chi connectivity index (χ3v) is 5.34. The lowest BCUT2D eigenvalue weighted by Crippen LogP contribution is -2.43. The molecule has 2 aliphatic rings. The van der Waals surface area contributed by atoms with Crippen molar-refractivity contribution < 1.29 is 22.7 Å². The number of pyridine rings is 1. The van der Waals surface area contributed by atoms with Gasteiger partial charge in [0.1, 0.15) is 0 Å². The molecule has 8 heteroatoms. The van der Waals surface area contributed by atoms with Crippen molar-refractivity contribution >= 4 is 11.7 Å². The van der Waals surface area contributed by atoms with Crippen molar-refractivity contribution in [3.8, 4) is 5.88 Å². The van der Waals surface area contributed by atoms with Crippen LogP contribution in [-0.4, -0.2) is 35.6 Å². The highest BCUT2D eigenvalue weighted by Gasteiger charge is 2.39. The maximum Gasteiger partial charge on any atom is 0.435 e. The predicted molar refractivity (Wildman–Crippen MR) is 91.1 cm³/mol. The Balaban J connectivity index is 1.76. The Morgan fingerprint density at radius 2 is 1.92 bits per heavy atom. The van der Waals surface area contributed by atoms with Crippen LogP contribution < -0.4 is 10.1 Å². The standard InChI is InChI=1S/C18H24F3N3O2/c1-26-15-10-9-13(16(23-15)18(19,20)21)22-17(25)24-11-5-8-14(24)12-6-3-2-4-7-12/h9-10,12,14H,2-8,11H2,1H3,(H,22,25)/t14-/m0/s1. The second-order valence-corrected chi connectivity index (χ2v) is 6.98. The number of hydrogen-bond donors (Lipinski definition) is 1. The molecule has 1 aliphatic heterocycles. The zero-order valence-electron chi connectivity index (χ0n) is 14.8. The fourth-order valence-corrected chi connectivity index (χ4v) is 4.11. The fraction of sp³-hybridized carbons (Fsp3) is 0.667. The highest BCUT2D eigenvalue weighted by atomic mass is 19.4. The predicted octanol–water partition coefficient (Wildman–Crippen LogP) is 4.69. The number of rotatable bonds is 3. The van der Waals surface area contributed by atoms with Crippen LogP contribution in [0.1, 0.15) is 50.6 Å². The summed E-state index contributed by atoms with van der Waals surface area (Å²) >= 11 is 0. The van der Waals surface area contributed by atoms with Gasteiger partial charge in [-0.2, -0.15) is 13.2 Å². The number of urea groups is 1. The van der Waals surface area contributed by atoms with Gasteiger partial charge in [-0.3, -0.25) is 0 Å². The number of anilines is 1. The number of alkyl halides is 3. The minimum Gasteiger partial charge on any atom is -0.481 e. The van der Waals surface area contributed by atoms with Crippen molar-refractivity contribution in [1.82, 2.24) is 9.88 Å². The van der Waals surface area contributed by atoms with E-state index in [0.29, 0.717) is 12.5 Å². The molecule has 26 heavy (non-hydrogen) atoms. The fourth-order valence-electron chi connectivity index (χ4n) is 4.11. The number of nitrogens with zero attached hydrogens (tertiary/aromatic N) is 2. The zero-order chi connectivity index (χ0) is 18.7. The summed E-state index contributed by atoms with van der Waals surface area (Å²) in [4.78, 5) is 17.9. The van der Waals surface area contributed by atoms with E-state index in [2.05, 4.69) is 10.3 Å². The maximum absolute atomic E-state index is 13.3. The minimum atomic E-state index is -4.68. The summed E-state index contributed by atoms with van der Waals surface area (Å²) in [5.41, 5.74) is -1.48. The molecule has 0 bridgehead atoms. The summed E-state index contributed by atoms with van der Waals surface area (Å²) in [6.07, 6.45) is 2.87. The molecule has 2 fully saturated rings. The number of hydrogen-bond acceptors (Lipinski definition) is 3. The number of methoxy groups -OCH3 is 1. The summed E-state index contributed by atoms with van der Waals surface area (Å²) in [7, 11) is 1.25. The molecular formula is C18H24F3N3O2. The highest BCUT2D eigenvalue weighted by molar-refractivity contribution is 5.90. The van der Waals surface area contributed by atoms with Crippen molar-refractivity contribution in [2.24, 2.45) is 5.92 Å². The lowest BCUT2D eigenvalue weighted by Gasteiger charge is -2.34. The Labute approximate surface area is 150 Å². The van der Waals surface area contributed by atoms with Crippen molar-refractivity contribution in [2.45, 2.75) is 57.2 Å². The molecule has 1 aromatic heterocycles. The molecule has 5 nitrogen and oxygen atoms in total. The number of carbonyl (C=O) groups is 1. The number of carbonyl (C=O) groups excluding carboxylic acids is 1. The highest BCUT2D eigenvalue weighted by Crippen LogP contribution is 2.37. The summed E-state index contributed by atoms with van der Waals surface area (Å²) in [6, 6.07) is 2.15. The van der Waals surface area contributed by atoms with Gasteiger partial charge in [0.2, 0.25) is 5.88 Å². The van der Waals surface area contributed by atoms with Gasteiger partial charge in [0.25, 0.3) is 0 Å². The Kier molecular flexibility index (Phi) is 5.58. The van der Waals surface area contributed by atoms with Gasteiger partial charge < -0.3 is 15.0 Å². The topological polar surface area (TPSA) is 54.5 Å². The first-order chi connectivity index (χ1) is 12.4. The lowest BCUT2D eigenvalue weighted by molar-refractivity contribution is -0.140. The first kappa shape index (κ1) is 18.8. The second kappa shape index (κ2) is 7.72. The molecule has 1 N–H and O–H groups in total. The lowest BCUT2D eigenvalue weighted by atomic mass is 9.83. The Hall–Kier alpha value is -1.99. The normalized spacial score (nSPS) is 21.7. The Morgan fingerprint density at radius 1 is 1.19 bits per heavy atom. The van der Waals surface area contributed by atoms with E-state index in [-0.39, 0.29) is 17.6 Å². The summed E-state index contributed by atoms with van der Waals surface area (Å²) < 4.78 is 44.6. The van der Waals surface area contributed by atoms with E-state index in [9.17, 15) is 18.0 Å². The molecule has 0 radical (unpaired) electrons. The van der Waals surface area contributed by atoms with Crippen LogP contribution in [-0.2, 0) is 6.18 Å². The molecule has 2 amide bonds. The van der Waals surface area contributed by atoms with Gasteiger partial charge >= 0.3 is 12.2 Å². The minimum absolute atomic E-state index is 0.121. The molecule has 144 valence electrons. The van der Waals surface area contributed by atoms with Crippen LogP contribution in [0.2, 0.25) is 0 Å². The summed E-state index contributed by atoms with van der Waals surface area (Å²) in [6.45, 7) is 0.581. The molecule has 0 unspecified atom stereocenters. The summed E-state index contributed by atoms with van der Waals surface area (Å²) in [5.74, 6) is 0.310. The Bertz CT molecular complexity index is 645. The number of nitrogens with one attached hydrogen (secondary N) is 1. The number of aromatic nitrogens is 1. The van der Waals surface area contributed by atoms with Gasteiger partial charge in [0.15, 0.2) is 5.69 Å². The van der Waals surface area contributed by atoms with Gasteiger partial charge in [-0.15, -0.1) is 0 Å². The van der Waals surface area contributed by atoms with Crippen LogP contribution in [0.3, 0.4) is 0 Å². The van der Waals surface area contributed by atoms with Gasteiger partial charge in [-0.1, -0.05) is 19.3 Å². The largest absolute Gasteiger partial charge is 0.481 e. The van der Waals surface area contributed by atoms with E-state index in [1.165, 1.54) is 25.7 Å². The maximum atomic E-state index is 13.3. The van der Waals surface area contributed by atoms with Crippen LogP contribution in [0.5, 0.6) is 5.88 Å². The molecule has 0 spiro atoms. The number of halogens is 3. The van der Waals surface area contributed by atoms with Gasteiger partial charge in [0, 0.05) is 18.7 Å². The molecule has 2 heterocycles. The van der Waals surface area contributed by atoms with Gasteiger partial charge in [0.05, 0.1) is 12.8 Å². The number of amides is 2. The van der Waals surface area contributed by atoms with Crippen LogP contribution in [0.15, 0.2) is 12.1 Å². The van der Waals surface area contributed by atoms with E-state index in [1.54, 1.807) is 4.90 Å². The van der Waals surface area contributed by atoms with E-state index in [1.807, 2.05) is 0 Å². The smallest absolute Gasteiger partial charge is 0.435 e. The molecule has 1 saturated heterocycles. The van der Waals surface area contributed by atoms with E-state index in [0.717, 1.165) is 38.5 Å². The quantitative estimate of drug-likeness (QED) is 0.839. The SMILES string of the molecule is COc1ccc(NC(=O)N2CCC[C@H]2C2CCCCC2)c(C(F)(F)F)n1. The number of likely N-dealkylation sites (tertiary alicyclic amines) is 1. The third-order valence-electron chi connectivity index (χ3n) is 5.34. The molecule has 1 saturated carbocycles. The Morgan fingerprint density at radius 3 is 2.58 bits per heavy atom. The van der Waals surface area contributed by atoms with Crippen molar-refractivity contribution in [1.29, 1.82) is 0 Å². The second-order valence-electron chi connectivity index (χ2n) is 6.98. The van der Waals surface area contributed by atoms with Gasteiger partial charge in [-0.05, 0) is 37.7 Å². The zero-order valence-corrected chi connectivity index (χ0v) is 14.8. The van der Waals surface area contributed by atoms with Crippen LogP contribution >= 0.6 is 0 Å². The van der Waals surface area contributed by atoms with E-state index < -0.39 is 17.9 Å². The van der Waals surface area contributed by atoms with Crippen LogP contribution in [0, 0.1) is 5.92 Å². The first-order valence-corrected chi connectivity index (χ1v) is 9.10. The van der Waals surface area contributed by atoms with Crippen molar-refractivity contribution in [2.75, 3.05) is 19.0 Å². The van der Waals surface area contributed by atoms with Gasteiger partial charge in [-0.25, -0.2) is 9.78 Å². The van der Waals surface area contributed by atoms with Crippen LogP contribution in [0.25, 0.3) is 0 Å². The molecule has 0 aromatic carbocycles. The van der Waals surface area contributed by atoms with Crippen molar-refractivity contribution in [3.63, 3.8) is 0 Å². The molecule has 1 atom stereocenters. The summed E-state index contributed by atoms with van der Waals surface area (Å²) in [5, 5.41) is 2.43.